The van der Waals surface area contributed by atoms with Crippen molar-refractivity contribution in [1.82, 2.24) is 10.6 Å². The summed E-state index contributed by atoms with van der Waals surface area (Å²) in [6, 6.07) is 7.05. The molecule has 1 aromatic rings. The summed E-state index contributed by atoms with van der Waals surface area (Å²) in [5.74, 6) is 0.405. The second-order valence-electron chi connectivity index (χ2n) is 6.67. The van der Waals surface area contributed by atoms with E-state index in [2.05, 4.69) is 10.6 Å². The number of carbonyl (C=O) groups is 2. The van der Waals surface area contributed by atoms with Crippen LogP contribution in [0.4, 0.5) is 0 Å². The zero-order chi connectivity index (χ0) is 18.3. The summed E-state index contributed by atoms with van der Waals surface area (Å²) in [6.07, 6.45) is 4.15. The molecule has 6 nitrogen and oxygen atoms in total. The molecule has 2 rings (SSSR count). The molecule has 0 aromatic heterocycles. The molecule has 2 amide bonds. The first-order valence-electron chi connectivity index (χ1n) is 8.99. The summed E-state index contributed by atoms with van der Waals surface area (Å²) in [5, 5.41) is 5.98. The van der Waals surface area contributed by atoms with E-state index in [4.69, 9.17) is 10.5 Å². The summed E-state index contributed by atoms with van der Waals surface area (Å²) in [4.78, 5) is 24.3. The first-order chi connectivity index (χ1) is 12.0. The van der Waals surface area contributed by atoms with Crippen LogP contribution in [0.25, 0.3) is 0 Å². The van der Waals surface area contributed by atoms with Gasteiger partial charge in [-0.1, -0.05) is 31.0 Å². The number of amides is 2. The summed E-state index contributed by atoms with van der Waals surface area (Å²) in [7, 11) is 0. The topological polar surface area (TPSA) is 93.4 Å². The van der Waals surface area contributed by atoms with Gasteiger partial charge in [0.2, 0.25) is 11.8 Å². The molecule has 138 valence electrons. The average Bonchev–Trinajstić information content (AvgIpc) is 3.03. The van der Waals surface area contributed by atoms with E-state index >= 15 is 0 Å². The van der Waals surface area contributed by atoms with Gasteiger partial charge in [0.1, 0.15) is 5.75 Å². The minimum Gasteiger partial charge on any atom is -0.494 e. The lowest BCUT2D eigenvalue weighted by Crippen LogP contribution is -2.52. The fourth-order valence-corrected chi connectivity index (χ4v) is 3.50. The fraction of sp³-hybridized carbons (Fsp3) is 0.579. The van der Waals surface area contributed by atoms with Crippen LogP contribution in [-0.4, -0.2) is 30.5 Å². The van der Waals surface area contributed by atoms with E-state index in [1.807, 2.05) is 31.2 Å². The minimum atomic E-state index is -0.434. The van der Waals surface area contributed by atoms with Gasteiger partial charge in [-0.3, -0.25) is 9.59 Å². The number of rotatable bonds is 8. The maximum Gasteiger partial charge on any atom is 0.222 e. The van der Waals surface area contributed by atoms with Gasteiger partial charge < -0.3 is 21.1 Å². The number of hydrogen-bond acceptors (Lipinski definition) is 4. The number of benzene rings is 1. The molecule has 1 aliphatic carbocycles. The van der Waals surface area contributed by atoms with Crippen molar-refractivity contribution in [3.8, 4) is 5.75 Å². The standard InChI is InChI=1S/C19H29N3O3/c1-3-25-17-9-5-4-8-15(17)16(21-14(2)23)12-18(24)22-19(13-20)10-6-7-11-19/h4-5,8-9,16H,3,6-7,10-13,20H2,1-2H3,(H,21,23)(H,22,24). The van der Waals surface area contributed by atoms with Crippen LogP contribution < -0.4 is 21.1 Å². The molecule has 1 saturated carbocycles. The molecule has 0 aliphatic heterocycles. The number of nitrogens with two attached hydrogens (primary N) is 1. The molecule has 25 heavy (non-hydrogen) atoms. The van der Waals surface area contributed by atoms with Gasteiger partial charge in [-0.25, -0.2) is 0 Å². The molecule has 6 heteroatoms. The Morgan fingerprint density at radius 1 is 1.28 bits per heavy atom. The van der Waals surface area contributed by atoms with Crippen molar-refractivity contribution >= 4 is 11.8 Å². The maximum absolute atomic E-state index is 12.6. The van der Waals surface area contributed by atoms with E-state index in [1.165, 1.54) is 6.92 Å². The lowest BCUT2D eigenvalue weighted by molar-refractivity contribution is -0.124. The molecule has 0 heterocycles. The number of para-hydroxylation sites is 1. The zero-order valence-electron chi connectivity index (χ0n) is 15.1. The Labute approximate surface area is 149 Å². The first-order valence-corrected chi connectivity index (χ1v) is 8.99. The number of hydrogen-bond donors (Lipinski definition) is 3. The zero-order valence-corrected chi connectivity index (χ0v) is 15.1. The van der Waals surface area contributed by atoms with Gasteiger partial charge in [0, 0.05) is 19.0 Å². The monoisotopic (exact) mass is 347 g/mol. The van der Waals surface area contributed by atoms with Crippen LogP contribution >= 0.6 is 0 Å². The van der Waals surface area contributed by atoms with E-state index in [0.717, 1.165) is 31.2 Å². The number of carbonyl (C=O) groups excluding carboxylic acids is 2. The highest BCUT2D eigenvalue weighted by Crippen LogP contribution is 2.30. The van der Waals surface area contributed by atoms with Crippen molar-refractivity contribution in [3.63, 3.8) is 0 Å². The normalized spacial score (nSPS) is 16.9. The Kier molecular flexibility index (Phi) is 6.82. The van der Waals surface area contributed by atoms with E-state index in [9.17, 15) is 9.59 Å². The van der Waals surface area contributed by atoms with Crippen LogP contribution in [-0.2, 0) is 9.59 Å². The van der Waals surface area contributed by atoms with Gasteiger partial charge in [-0.05, 0) is 25.8 Å². The van der Waals surface area contributed by atoms with Crippen LogP contribution in [0.1, 0.15) is 57.6 Å². The summed E-state index contributed by atoms with van der Waals surface area (Å²) in [6.45, 7) is 4.32. The molecule has 1 unspecified atom stereocenters. The van der Waals surface area contributed by atoms with Crippen molar-refractivity contribution in [2.45, 2.75) is 57.5 Å². The Balaban J connectivity index is 2.15. The Morgan fingerprint density at radius 3 is 2.56 bits per heavy atom. The predicted octanol–water partition coefficient (Wildman–Crippen LogP) is 2.04. The van der Waals surface area contributed by atoms with Crippen LogP contribution in [0.2, 0.25) is 0 Å². The number of nitrogens with one attached hydrogen (secondary N) is 2. The second kappa shape index (κ2) is 8.85. The molecular weight excluding hydrogens is 318 g/mol. The lowest BCUT2D eigenvalue weighted by atomic mass is 9.96. The maximum atomic E-state index is 12.6. The molecule has 1 aliphatic rings. The Morgan fingerprint density at radius 2 is 1.96 bits per heavy atom. The summed E-state index contributed by atoms with van der Waals surface area (Å²) >= 11 is 0. The SMILES string of the molecule is CCOc1ccccc1C(CC(=O)NC1(CN)CCCC1)NC(C)=O. The van der Waals surface area contributed by atoms with E-state index in [-0.39, 0.29) is 23.8 Å². The molecule has 4 N–H and O–H groups in total. The van der Waals surface area contributed by atoms with Crippen LogP contribution in [0.15, 0.2) is 24.3 Å². The van der Waals surface area contributed by atoms with Crippen molar-refractivity contribution in [2.24, 2.45) is 5.73 Å². The molecule has 1 atom stereocenters. The third-order valence-corrected chi connectivity index (χ3v) is 4.72. The highest BCUT2D eigenvalue weighted by Gasteiger charge is 2.34. The van der Waals surface area contributed by atoms with Gasteiger partial charge in [-0.2, -0.15) is 0 Å². The van der Waals surface area contributed by atoms with Gasteiger partial charge in [0.05, 0.1) is 24.6 Å². The quantitative estimate of drug-likeness (QED) is 0.671. The molecule has 0 spiro atoms. The largest absolute Gasteiger partial charge is 0.494 e. The van der Waals surface area contributed by atoms with Crippen LogP contribution in [0.3, 0.4) is 0 Å². The molecule has 0 saturated heterocycles. The molecular formula is C19H29N3O3. The van der Waals surface area contributed by atoms with Crippen molar-refractivity contribution < 1.29 is 14.3 Å². The average molecular weight is 347 g/mol. The molecule has 1 aromatic carbocycles. The summed E-state index contributed by atoms with van der Waals surface area (Å²) < 4.78 is 5.65. The second-order valence-corrected chi connectivity index (χ2v) is 6.67. The summed E-state index contributed by atoms with van der Waals surface area (Å²) in [5.41, 5.74) is 6.41. The van der Waals surface area contributed by atoms with Gasteiger partial charge in [0.25, 0.3) is 0 Å². The van der Waals surface area contributed by atoms with Crippen molar-refractivity contribution in [3.05, 3.63) is 29.8 Å². The number of ether oxygens (including phenoxy) is 1. The van der Waals surface area contributed by atoms with Crippen LogP contribution in [0, 0.1) is 0 Å². The fourth-order valence-electron chi connectivity index (χ4n) is 3.50. The molecule has 0 radical (unpaired) electrons. The van der Waals surface area contributed by atoms with Crippen molar-refractivity contribution in [2.75, 3.05) is 13.2 Å². The van der Waals surface area contributed by atoms with E-state index in [1.54, 1.807) is 0 Å². The molecule has 0 bridgehead atoms. The Bertz CT molecular complexity index is 597. The van der Waals surface area contributed by atoms with Gasteiger partial charge in [0.15, 0.2) is 0 Å². The highest BCUT2D eigenvalue weighted by atomic mass is 16.5. The van der Waals surface area contributed by atoms with Crippen molar-refractivity contribution in [1.29, 1.82) is 0 Å². The van der Waals surface area contributed by atoms with Gasteiger partial charge in [-0.15, -0.1) is 0 Å². The minimum absolute atomic E-state index is 0.0996. The van der Waals surface area contributed by atoms with Gasteiger partial charge >= 0.3 is 0 Å². The highest BCUT2D eigenvalue weighted by molar-refractivity contribution is 5.80. The first kappa shape index (κ1) is 19.2. The smallest absolute Gasteiger partial charge is 0.222 e. The Hall–Kier alpha value is -2.08. The third kappa shape index (κ3) is 5.19. The lowest BCUT2D eigenvalue weighted by Gasteiger charge is -2.30. The third-order valence-electron chi connectivity index (χ3n) is 4.72. The molecule has 1 fully saturated rings. The van der Waals surface area contributed by atoms with Crippen LogP contribution in [0.5, 0.6) is 5.75 Å². The predicted molar refractivity (Wildman–Crippen MR) is 97.2 cm³/mol. The van der Waals surface area contributed by atoms with E-state index in [0.29, 0.717) is 18.9 Å². The van der Waals surface area contributed by atoms with E-state index < -0.39 is 6.04 Å².